The van der Waals surface area contributed by atoms with Crippen molar-refractivity contribution in [1.82, 2.24) is 0 Å². The molecule has 1 heterocycles. The van der Waals surface area contributed by atoms with E-state index in [0.717, 1.165) is 22.0 Å². The standard InChI is InChI=1S/C38H35NO8S2/c1-46-32-19-14-28(15-20-32)37(48(40,41)42)24-35-30(12-11-26-7-3-5-9-34(26)35)23-31-18-13-27-8-4-6-10-36(27)39(31)25-38(49(43,44)45)29-16-21-33(47-2)22-17-29/h3-23,37-38H,24-25H2,1-2H3,(H,40,41,42)(H,43,44,45). The molecule has 11 heteroatoms. The van der Waals surface area contributed by atoms with Gasteiger partial charge in [-0.3, -0.25) is 9.11 Å². The number of fused-ring (bicyclic) bond motifs is 2. The van der Waals surface area contributed by atoms with Gasteiger partial charge < -0.3 is 14.4 Å². The zero-order chi connectivity index (χ0) is 34.8. The van der Waals surface area contributed by atoms with E-state index in [2.05, 4.69) is 0 Å². The molecule has 0 aliphatic carbocycles. The number of allylic oxidation sites excluding steroid dienone is 1. The Labute approximate surface area is 286 Å². The molecule has 0 radical (unpaired) electrons. The van der Waals surface area contributed by atoms with E-state index in [1.165, 1.54) is 14.2 Å². The minimum absolute atomic E-state index is 0.0502. The number of para-hydroxylation sites is 1. The minimum Gasteiger partial charge on any atom is -0.497 e. The Morgan fingerprint density at radius 2 is 1.24 bits per heavy atom. The van der Waals surface area contributed by atoms with Crippen LogP contribution in [0.1, 0.15) is 38.3 Å². The number of methoxy groups -OCH3 is 2. The predicted molar refractivity (Wildman–Crippen MR) is 193 cm³/mol. The fourth-order valence-electron chi connectivity index (χ4n) is 6.24. The van der Waals surface area contributed by atoms with Gasteiger partial charge >= 0.3 is 0 Å². The van der Waals surface area contributed by atoms with Gasteiger partial charge in [0.05, 0.1) is 14.2 Å². The van der Waals surface area contributed by atoms with Gasteiger partial charge in [0.1, 0.15) is 22.0 Å². The normalized spacial score (nSPS) is 15.2. The second kappa shape index (κ2) is 13.9. The molecule has 0 saturated carbocycles. The first kappa shape index (κ1) is 33.9. The quantitative estimate of drug-likeness (QED) is 0.135. The van der Waals surface area contributed by atoms with Crippen LogP contribution in [-0.4, -0.2) is 46.7 Å². The van der Waals surface area contributed by atoms with Crippen LogP contribution in [-0.2, 0) is 26.7 Å². The fourth-order valence-corrected chi connectivity index (χ4v) is 7.96. The van der Waals surface area contributed by atoms with Crippen molar-refractivity contribution < 1.29 is 35.4 Å². The molecule has 49 heavy (non-hydrogen) atoms. The van der Waals surface area contributed by atoms with E-state index in [4.69, 9.17) is 9.47 Å². The molecule has 1 aliphatic rings. The lowest BCUT2D eigenvalue weighted by Gasteiger charge is -2.33. The fraction of sp³-hybridized carbons (Fsp3) is 0.158. The first-order chi connectivity index (χ1) is 23.5. The van der Waals surface area contributed by atoms with Gasteiger partial charge in [0, 0.05) is 17.9 Å². The van der Waals surface area contributed by atoms with E-state index in [-0.39, 0.29) is 13.0 Å². The maximum Gasteiger partial charge on any atom is 0.273 e. The molecule has 2 atom stereocenters. The summed E-state index contributed by atoms with van der Waals surface area (Å²) in [5, 5.41) is -0.897. The molecule has 0 spiro atoms. The lowest BCUT2D eigenvalue weighted by Crippen LogP contribution is -2.32. The Morgan fingerprint density at radius 1 is 0.673 bits per heavy atom. The average molecular weight is 698 g/mol. The van der Waals surface area contributed by atoms with E-state index in [1.54, 1.807) is 48.5 Å². The zero-order valence-corrected chi connectivity index (χ0v) is 28.4. The zero-order valence-electron chi connectivity index (χ0n) is 26.8. The third kappa shape index (κ3) is 7.40. The van der Waals surface area contributed by atoms with Crippen LogP contribution >= 0.6 is 0 Å². The van der Waals surface area contributed by atoms with Crippen molar-refractivity contribution in [2.75, 3.05) is 25.7 Å². The van der Waals surface area contributed by atoms with Gasteiger partial charge in [0.15, 0.2) is 0 Å². The molecule has 6 rings (SSSR count). The summed E-state index contributed by atoms with van der Waals surface area (Å²) in [5.41, 5.74) is 4.35. The van der Waals surface area contributed by atoms with Crippen molar-refractivity contribution in [1.29, 1.82) is 0 Å². The molecule has 2 unspecified atom stereocenters. The summed E-state index contributed by atoms with van der Waals surface area (Å²) in [6.45, 7) is -0.124. The molecule has 252 valence electrons. The number of anilines is 1. The third-order valence-corrected chi connectivity index (χ3v) is 11.1. The van der Waals surface area contributed by atoms with Crippen molar-refractivity contribution in [3.05, 3.63) is 149 Å². The lowest BCUT2D eigenvalue weighted by molar-refractivity contribution is 0.414. The third-order valence-electron chi connectivity index (χ3n) is 8.79. The van der Waals surface area contributed by atoms with Crippen LogP contribution in [0.2, 0.25) is 0 Å². The van der Waals surface area contributed by atoms with Gasteiger partial charge in [-0.1, -0.05) is 84.9 Å². The van der Waals surface area contributed by atoms with Crippen LogP contribution in [0.15, 0.2) is 121 Å². The average Bonchev–Trinajstić information content (AvgIpc) is 3.09. The van der Waals surface area contributed by atoms with Gasteiger partial charge in [-0.25, -0.2) is 0 Å². The van der Waals surface area contributed by atoms with E-state index in [0.29, 0.717) is 39.4 Å². The van der Waals surface area contributed by atoms with Gasteiger partial charge in [0.25, 0.3) is 20.2 Å². The molecule has 5 aromatic rings. The summed E-state index contributed by atoms with van der Waals surface area (Å²) >= 11 is 0. The minimum atomic E-state index is -4.58. The lowest BCUT2D eigenvalue weighted by atomic mass is 9.92. The van der Waals surface area contributed by atoms with Gasteiger partial charge in [0.2, 0.25) is 0 Å². The van der Waals surface area contributed by atoms with E-state index in [9.17, 15) is 25.9 Å². The Balaban J connectivity index is 1.49. The van der Waals surface area contributed by atoms with E-state index >= 15 is 0 Å². The van der Waals surface area contributed by atoms with Crippen molar-refractivity contribution in [2.45, 2.75) is 16.9 Å². The summed E-state index contributed by atoms with van der Waals surface area (Å²) in [7, 11) is -6.11. The van der Waals surface area contributed by atoms with Crippen molar-refractivity contribution in [2.24, 2.45) is 0 Å². The predicted octanol–water partition coefficient (Wildman–Crippen LogP) is 7.53. The SMILES string of the molecule is COc1ccc(C(Cc2c(C=C3C=Cc4ccccc4N3CC(c3ccc(OC)cc3)S(=O)(=O)O)ccc3ccccc23)S(=O)(=O)O)cc1. The van der Waals surface area contributed by atoms with Crippen LogP contribution in [0.4, 0.5) is 5.69 Å². The van der Waals surface area contributed by atoms with Crippen molar-refractivity contribution in [3.63, 3.8) is 0 Å². The second-order valence-electron chi connectivity index (χ2n) is 11.7. The molecule has 1 aliphatic heterocycles. The number of nitrogens with zero attached hydrogens (tertiary/aromatic N) is 1. The smallest absolute Gasteiger partial charge is 0.273 e. The van der Waals surface area contributed by atoms with Crippen LogP contribution in [0.25, 0.3) is 22.9 Å². The molecule has 0 saturated heterocycles. The first-order valence-corrected chi connectivity index (χ1v) is 18.4. The number of hydrogen-bond acceptors (Lipinski definition) is 7. The topological polar surface area (TPSA) is 130 Å². The largest absolute Gasteiger partial charge is 0.497 e. The summed E-state index contributed by atoms with van der Waals surface area (Å²) in [6, 6.07) is 32.0. The van der Waals surface area contributed by atoms with Crippen LogP contribution in [0, 0.1) is 0 Å². The molecule has 0 aromatic heterocycles. The maximum absolute atomic E-state index is 12.9. The van der Waals surface area contributed by atoms with E-state index < -0.39 is 30.7 Å². The highest BCUT2D eigenvalue weighted by atomic mass is 32.2. The van der Waals surface area contributed by atoms with Crippen LogP contribution in [0.3, 0.4) is 0 Å². The summed E-state index contributed by atoms with van der Waals surface area (Å²) in [4.78, 5) is 1.83. The number of benzene rings is 5. The summed E-state index contributed by atoms with van der Waals surface area (Å²) < 4.78 is 83.1. The van der Waals surface area contributed by atoms with Crippen molar-refractivity contribution >= 4 is 48.8 Å². The number of ether oxygens (including phenoxy) is 2. The van der Waals surface area contributed by atoms with Crippen LogP contribution < -0.4 is 14.4 Å². The molecular weight excluding hydrogens is 663 g/mol. The molecule has 0 bridgehead atoms. The maximum atomic E-state index is 12.9. The van der Waals surface area contributed by atoms with Crippen molar-refractivity contribution in [3.8, 4) is 11.5 Å². The Hall–Kier alpha value is -4.94. The second-order valence-corrected chi connectivity index (χ2v) is 14.9. The van der Waals surface area contributed by atoms with Crippen LogP contribution in [0.5, 0.6) is 11.5 Å². The Morgan fingerprint density at radius 3 is 1.86 bits per heavy atom. The molecule has 2 N–H and O–H groups in total. The molecule has 9 nitrogen and oxygen atoms in total. The summed E-state index contributed by atoms with van der Waals surface area (Å²) in [5.74, 6) is 1.10. The molecule has 0 amide bonds. The highest BCUT2D eigenvalue weighted by molar-refractivity contribution is 7.86. The van der Waals surface area contributed by atoms with Gasteiger partial charge in [-0.2, -0.15) is 16.8 Å². The summed E-state index contributed by atoms with van der Waals surface area (Å²) in [6.07, 6.45) is 5.61. The monoisotopic (exact) mass is 697 g/mol. The highest BCUT2D eigenvalue weighted by Gasteiger charge is 2.31. The Bertz CT molecular complexity index is 2260. The molecular formula is C38H35NO8S2. The molecule has 5 aromatic carbocycles. The highest BCUT2D eigenvalue weighted by Crippen LogP contribution is 2.38. The van der Waals surface area contributed by atoms with Gasteiger partial charge in [-0.15, -0.1) is 0 Å². The van der Waals surface area contributed by atoms with E-state index in [1.807, 2.05) is 83.8 Å². The number of rotatable bonds is 11. The number of hydrogen-bond donors (Lipinski definition) is 2. The Kier molecular flexibility index (Phi) is 9.62. The molecule has 0 fully saturated rings. The van der Waals surface area contributed by atoms with Gasteiger partial charge in [-0.05, 0) is 87.5 Å². The first-order valence-electron chi connectivity index (χ1n) is 15.4.